The van der Waals surface area contributed by atoms with Gasteiger partial charge in [0.1, 0.15) is 0 Å². The zero-order valence-corrected chi connectivity index (χ0v) is 10.8. The van der Waals surface area contributed by atoms with Crippen molar-refractivity contribution in [1.29, 1.82) is 0 Å². The molecule has 0 spiro atoms. The van der Waals surface area contributed by atoms with E-state index in [0.29, 0.717) is 6.04 Å². The lowest BCUT2D eigenvalue weighted by Gasteiger charge is -2.51. The van der Waals surface area contributed by atoms with Gasteiger partial charge in [0.05, 0.1) is 0 Å². The molecular formula is C14H26N2. The van der Waals surface area contributed by atoms with Crippen molar-refractivity contribution in [2.75, 3.05) is 7.05 Å². The van der Waals surface area contributed by atoms with Gasteiger partial charge in [-0.25, -0.2) is 0 Å². The Morgan fingerprint density at radius 1 is 1.38 bits per heavy atom. The maximum Gasteiger partial charge on any atom is 0.0116 e. The first-order valence-electron chi connectivity index (χ1n) is 6.81. The van der Waals surface area contributed by atoms with Gasteiger partial charge in [0, 0.05) is 24.2 Å². The maximum absolute atomic E-state index is 3.88. The van der Waals surface area contributed by atoms with Gasteiger partial charge in [-0.15, -0.1) is 6.58 Å². The molecule has 0 aromatic heterocycles. The van der Waals surface area contributed by atoms with Gasteiger partial charge in [-0.3, -0.25) is 4.90 Å². The maximum atomic E-state index is 3.88. The summed E-state index contributed by atoms with van der Waals surface area (Å²) in [5.74, 6) is 0. The largest absolute Gasteiger partial charge is 0.317 e. The SMILES string of the molecule is C=CCC(C)N1C2CCCC1CC(NC)C2. The van der Waals surface area contributed by atoms with E-state index in [1.165, 1.54) is 32.1 Å². The molecule has 3 atom stereocenters. The van der Waals surface area contributed by atoms with Gasteiger partial charge in [0.15, 0.2) is 0 Å². The summed E-state index contributed by atoms with van der Waals surface area (Å²) in [5, 5.41) is 3.48. The van der Waals surface area contributed by atoms with Crippen LogP contribution in [-0.2, 0) is 0 Å². The number of hydrogen-bond donors (Lipinski definition) is 1. The molecule has 0 radical (unpaired) electrons. The van der Waals surface area contributed by atoms with Crippen LogP contribution in [0.15, 0.2) is 12.7 Å². The fraction of sp³-hybridized carbons (Fsp3) is 0.857. The monoisotopic (exact) mass is 222 g/mol. The van der Waals surface area contributed by atoms with Gasteiger partial charge in [0.25, 0.3) is 0 Å². The Labute approximate surface area is 100 Å². The summed E-state index contributed by atoms with van der Waals surface area (Å²) in [6.07, 6.45) is 10.1. The summed E-state index contributed by atoms with van der Waals surface area (Å²) in [5.41, 5.74) is 0. The van der Waals surface area contributed by atoms with Crippen LogP contribution in [0.5, 0.6) is 0 Å². The summed E-state index contributed by atoms with van der Waals surface area (Å²) in [6.45, 7) is 6.25. The van der Waals surface area contributed by atoms with E-state index in [9.17, 15) is 0 Å². The highest BCUT2D eigenvalue weighted by atomic mass is 15.2. The molecule has 2 bridgehead atoms. The molecule has 2 heteroatoms. The van der Waals surface area contributed by atoms with Crippen LogP contribution < -0.4 is 5.32 Å². The van der Waals surface area contributed by atoms with Crippen LogP contribution in [-0.4, -0.2) is 36.1 Å². The predicted molar refractivity (Wildman–Crippen MR) is 69.6 cm³/mol. The number of piperidine rings is 2. The summed E-state index contributed by atoms with van der Waals surface area (Å²) in [4.78, 5) is 2.79. The highest BCUT2D eigenvalue weighted by Crippen LogP contribution is 2.36. The van der Waals surface area contributed by atoms with Crippen molar-refractivity contribution in [3.63, 3.8) is 0 Å². The van der Waals surface area contributed by atoms with Crippen LogP contribution in [0.4, 0.5) is 0 Å². The second-order valence-electron chi connectivity index (χ2n) is 5.52. The minimum absolute atomic E-state index is 0.686. The molecule has 1 N–H and O–H groups in total. The van der Waals surface area contributed by atoms with Crippen LogP contribution in [0.2, 0.25) is 0 Å². The van der Waals surface area contributed by atoms with Gasteiger partial charge < -0.3 is 5.32 Å². The highest BCUT2D eigenvalue weighted by molar-refractivity contribution is 4.97. The molecule has 16 heavy (non-hydrogen) atoms. The third kappa shape index (κ3) is 2.33. The van der Waals surface area contributed by atoms with E-state index in [-0.39, 0.29) is 0 Å². The first kappa shape index (κ1) is 12.1. The summed E-state index contributed by atoms with van der Waals surface area (Å²) < 4.78 is 0. The highest BCUT2D eigenvalue weighted by Gasteiger charge is 2.39. The third-order valence-electron chi connectivity index (χ3n) is 4.46. The number of nitrogens with one attached hydrogen (secondary N) is 1. The first-order chi connectivity index (χ1) is 7.76. The summed E-state index contributed by atoms with van der Waals surface area (Å²) in [6, 6.07) is 3.08. The Hall–Kier alpha value is -0.340. The van der Waals surface area contributed by atoms with Gasteiger partial charge in [-0.1, -0.05) is 12.5 Å². The van der Waals surface area contributed by atoms with E-state index in [1.54, 1.807) is 0 Å². The lowest BCUT2D eigenvalue weighted by atomic mass is 9.80. The second kappa shape index (κ2) is 5.33. The average molecular weight is 222 g/mol. The molecule has 2 aliphatic heterocycles. The lowest BCUT2D eigenvalue weighted by Crippen LogP contribution is -2.58. The molecule has 2 aliphatic rings. The molecule has 2 heterocycles. The third-order valence-corrected chi connectivity index (χ3v) is 4.46. The Kier molecular flexibility index (Phi) is 4.04. The molecule has 2 fully saturated rings. The van der Waals surface area contributed by atoms with Gasteiger partial charge in [0.2, 0.25) is 0 Å². The van der Waals surface area contributed by atoms with Gasteiger partial charge >= 0.3 is 0 Å². The van der Waals surface area contributed by atoms with Crippen LogP contribution in [0.25, 0.3) is 0 Å². The molecule has 0 aromatic carbocycles. The topological polar surface area (TPSA) is 15.3 Å². The fourth-order valence-corrected chi connectivity index (χ4v) is 3.74. The molecule has 2 rings (SSSR count). The molecule has 0 amide bonds. The molecule has 0 aromatic rings. The Bertz CT molecular complexity index is 225. The quantitative estimate of drug-likeness (QED) is 0.735. The van der Waals surface area contributed by atoms with E-state index in [2.05, 4.69) is 36.8 Å². The van der Waals surface area contributed by atoms with Crippen molar-refractivity contribution in [3.05, 3.63) is 12.7 Å². The standard InChI is InChI=1S/C14H26N2/c1-4-6-11(2)16-13-7-5-8-14(16)10-12(9-13)15-3/h4,11-15H,1,5-10H2,2-3H3. The number of fused-ring (bicyclic) bond motifs is 2. The second-order valence-corrected chi connectivity index (χ2v) is 5.52. The number of nitrogens with zero attached hydrogens (tertiary/aromatic N) is 1. The minimum atomic E-state index is 0.686. The lowest BCUT2D eigenvalue weighted by molar-refractivity contribution is -0.00325. The van der Waals surface area contributed by atoms with Crippen LogP contribution in [0.3, 0.4) is 0 Å². The van der Waals surface area contributed by atoms with E-state index >= 15 is 0 Å². The van der Waals surface area contributed by atoms with Crippen molar-refractivity contribution in [3.8, 4) is 0 Å². The number of rotatable bonds is 4. The van der Waals surface area contributed by atoms with Crippen LogP contribution in [0, 0.1) is 0 Å². The Morgan fingerprint density at radius 3 is 2.50 bits per heavy atom. The molecule has 0 saturated carbocycles. The molecule has 3 unspecified atom stereocenters. The molecule has 0 aliphatic carbocycles. The van der Waals surface area contributed by atoms with Crippen molar-refractivity contribution in [2.24, 2.45) is 0 Å². The number of hydrogen-bond acceptors (Lipinski definition) is 2. The van der Waals surface area contributed by atoms with Crippen LogP contribution >= 0.6 is 0 Å². The molecular weight excluding hydrogens is 196 g/mol. The van der Waals surface area contributed by atoms with E-state index in [0.717, 1.165) is 24.5 Å². The van der Waals surface area contributed by atoms with E-state index in [1.807, 2.05) is 0 Å². The summed E-state index contributed by atoms with van der Waals surface area (Å²) in [7, 11) is 2.11. The van der Waals surface area contributed by atoms with Crippen molar-refractivity contribution in [1.82, 2.24) is 10.2 Å². The Morgan fingerprint density at radius 2 is 2.00 bits per heavy atom. The molecule has 2 nitrogen and oxygen atoms in total. The van der Waals surface area contributed by atoms with Gasteiger partial charge in [-0.2, -0.15) is 0 Å². The minimum Gasteiger partial charge on any atom is -0.317 e. The van der Waals surface area contributed by atoms with E-state index < -0.39 is 0 Å². The van der Waals surface area contributed by atoms with Gasteiger partial charge in [-0.05, 0) is 46.1 Å². The molecule has 2 saturated heterocycles. The van der Waals surface area contributed by atoms with E-state index in [4.69, 9.17) is 0 Å². The Balaban J connectivity index is 2.05. The van der Waals surface area contributed by atoms with Crippen LogP contribution in [0.1, 0.15) is 45.4 Å². The summed E-state index contributed by atoms with van der Waals surface area (Å²) >= 11 is 0. The predicted octanol–water partition coefficient (Wildman–Crippen LogP) is 2.56. The normalized spacial score (nSPS) is 37.0. The zero-order valence-electron chi connectivity index (χ0n) is 10.8. The van der Waals surface area contributed by atoms with Crippen molar-refractivity contribution < 1.29 is 0 Å². The smallest absolute Gasteiger partial charge is 0.0116 e. The first-order valence-corrected chi connectivity index (χ1v) is 6.81. The van der Waals surface area contributed by atoms with Crippen molar-refractivity contribution in [2.45, 2.75) is 69.6 Å². The fourth-order valence-electron chi connectivity index (χ4n) is 3.74. The van der Waals surface area contributed by atoms with Crippen molar-refractivity contribution >= 4 is 0 Å². The average Bonchev–Trinajstić information content (AvgIpc) is 2.27. The zero-order chi connectivity index (χ0) is 11.5. The molecule has 92 valence electrons.